The van der Waals surface area contributed by atoms with Crippen molar-refractivity contribution in [2.45, 2.75) is 6.92 Å². The molecule has 3 aromatic rings. The summed E-state index contributed by atoms with van der Waals surface area (Å²) in [6.45, 7) is 2.06. The second kappa shape index (κ2) is 5.09. The Bertz CT molecular complexity index is 764. The molecule has 0 aliphatic rings. The van der Waals surface area contributed by atoms with Gasteiger partial charge in [-0.05, 0) is 36.8 Å². The van der Waals surface area contributed by atoms with Crippen LogP contribution in [0, 0.1) is 6.92 Å². The van der Waals surface area contributed by atoms with Crippen molar-refractivity contribution in [1.82, 2.24) is 14.5 Å². The fraction of sp³-hybridized carbons (Fsp3) is 0.0667. The highest BCUT2D eigenvalue weighted by Gasteiger charge is 2.10. The molecule has 2 N–H and O–H groups in total. The molecule has 0 unspecified atom stereocenters. The van der Waals surface area contributed by atoms with Crippen molar-refractivity contribution in [1.29, 1.82) is 0 Å². The van der Waals surface area contributed by atoms with E-state index in [1.165, 1.54) is 5.56 Å². The van der Waals surface area contributed by atoms with Gasteiger partial charge in [0.2, 0.25) is 0 Å². The van der Waals surface area contributed by atoms with E-state index in [4.69, 9.17) is 5.73 Å². The first kappa shape index (κ1) is 12.9. The van der Waals surface area contributed by atoms with Crippen molar-refractivity contribution in [2.75, 3.05) is 5.73 Å². The minimum Gasteiger partial charge on any atom is -0.398 e. The zero-order valence-electron chi connectivity index (χ0n) is 10.9. The van der Waals surface area contributed by atoms with Crippen LogP contribution in [0.4, 0.5) is 5.69 Å². The molecule has 100 valence electrons. The zero-order valence-corrected chi connectivity index (χ0v) is 12.5. The molecule has 0 saturated carbocycles. The van der Waals surface area contributed by atoms with E-state index < -0.39 is 0 Å². The maximum Gasteiger partial charge on any atom is 0.0997 e. The predicted octanol–water partition coefficient (Wildman–Crippen LogP) is 3.59. The van der Waals surface area contributed by atoms with E-state index in [1.54, 1.807) is 31.0 Å². The third-order valence-electron chi connectivity index (χ3n) is 3.19. The van der Waals surface area contributed by atoms with E-state index in [9.17, 15) is 0 Å². The summed E-state index contributed by atoms with van der Waals surface area (Å²) in [5.41, 5.74) is 10.7. The lowest BCUT2D eigenvalue weighted by atomic mass is 10.1. The molecule has 0 aliphatic carbocycles. The quantitative estimate of drug-likeness (QED) is 0.782. The third kappa shape index (κ3) is 2.20. The molecule has 20 heavy (non-hydrogen) atoms. The first-order chi connectivity index (χ1) is 9.66. The Labute approximate surface area is 125 Å². The van der Waals surface area contributed by atoms with Crippen molar-refractivity contribution in [3.63, 3.8) is 0 Å². The molecule has 5 heteroatoms. The highest BCUT2D eigenvalue weighted by atomic mass is 79.9. The van der Waals surface area contributed by atoms with Gasteiger partial charge in [0.05, 0.1) is 18.2 Å². The molecule has 0 aliphatic heterocycles. The maximum atomic E-state index is 6.02. The average Bonchev–Trinajstić information content (AvgIpc) is 2.91. The van der Waals surface area contributed by atoms with Crippen LogP contribution in [0.25, 0.3) is 16.9 Å². The molecule has 0 radical (unpaired) electrons. The van der Waals surface area contributed by atoms with Gasteiger partial charge in [-0.2, -0.15) is 0 Å². The largest absolute Gasteiger partial charge is 0.398 e. The van der Waals surface area contributed by atoms with Crippen LogP contribution < -0.4 is 5.73 Å². The minimum absolute atomic E-state index is 0.690. The summed E-state index contributed by atoms with van der Waals surface area (Å²) in [4.78, 5) is 8.38. The number of pyridine rings is 1. The molecule has 0 saturated heterocycles. The SMILES string of the molecule is Cc1cc(-n2cncc2-c2cnccc2N)ccc1Br. The second-order valence-electron chi connectivity index (χ2n) is 4.55. The van der Waals surface area contributed by atoms with Crippen molar-refractivity contribution >= 4 is 21.6 Å². The van der Waals surface area contributed by atoms with Crippen LogP contribution in [0.2, 0.25) is 0 Å². The second-order valence-corrected chi connectivity index (χ2v) is 5.40. The lowest BCUT2D eigenvalue weighted by Gasteiger charge is -2.11. The average molecular weight is 329 g/mol. The fourth-order valence-electron chi connectivity index (χ4n) is 2.10. The molecule has 0 amide bonds. The normalized spacial score (nSPS) is 10.7. The number of benzene rings is 1. The number of nitrogens with two attached hydrogens (primary N) is 1. The summed E-state index contributed by atoms with van der Waals surface area (Å²) < 4.78 is 3.09. The molecule has 0 fully saturated rings. The number of aromatic nitrogens is 3. The molecule has 4 nitrogen and oxygen atoms in total. The lowest BCUT2D eigenvalue weighted by molar-refractivity contribution is 1.06. The molecule has 2 heterocycles. The Balaban J connectivity index is 2.15. The summed E-state index contributed by atoms with van der Waals surface area (Å²) >= 11 is 3.51. The minimum atomic E-state index is 0.690. The van der Waals surface area contributed by atoms with Gasteiger partial charge in [0.15, 0.2) is 0 Å². The number of imidazole rings is 1. The van der Waals surface area contributed by atoms with Crippen LogP contribution >= 0.6 is 15.9 Å². The molecule has 0 bridgehead atoms. The van der Waals surface area contributed by atoms with Gasteiger partial charge in [-0.25, -0.2) is 4.98 Å². The van der Waals surface area contributed by atoms with Crippen LogP contribution in [0.5, 0.6) is 0 Å². The standard InChI is InChI=1S/C15H13BrN4/c1-10-6-11(2-3-13(10)16)20-9-19-8-15(20)12-7-18-5-4-14(12)17/h2-9H,1H3,(H2,17,18). The Morgan fingerprint density at radius 3 is 2.75 bits per heavy atom. The van der Waals surface area contributed by atoms with Gasteiger partial charge in [-0.15, -0.1) is 0 Å². The van der Waals surface area contributed by atoms with E-state index in [1.807, 2.05) is 16.7 Å². The first-order valence-corrected chi connectivity index (χ1v) is 6.95. The lowest BCUT2D eigenvalue weighted by Crippen LogP contribution is -1.98. The predicted molar refractivity (Wildman–Crippen MR) is 83.6 cm³/mol. The molecular weight excluding hydrogens is 316 g/mol. The Morgan fingerprint density at radius 1 is 1.15 bits per heavy atom. The summed E-state index contributed by atoms with van der Waals surface area (Å²) in [5, 5.41) is 0. The van der Waals surface area contributed by atoms with Gasteiger partial charge in [-0.3, -0.25) is 9.55 Å². The van der Waals surface area contributed by atoms with Crippen LogP contribution in [0.3, 0.4) is 0 Å². The molecular formula is C15H13BrN4. The van der Waals surface area contributed by atoms with Crippen molar-refractivity contribution in [3.05, 3.63) is 59.2 Å². The van der Waals surface area contributed by atoms with Crippen molar-refractivity contribution < 1.29 is 0 Å². The number of anilines is 1. The zero-order chi connectivity index (χ0) is 14.1. The Hall–Kier alpha value is -2.14. The third-order valence-corrected chi connectivity index (χ3v) is 4.08. The first-order valence-electron chi connectivity index (χ1n) is 6.15. The van der Waals surface area contributed by atoms with Crippen molar-refractivity contribution in [2.24, 2.45) is 0 Å². The summed E-state index contributed by atoms with van der Waals surface area (Å²) in [6, 6.07) is 7.96. The maximum absolute atomic E-state index is 6.02. The number of hydrogen-bond acceptors (Lipinski definition) is 3. The number of rotatable bonds is 2. The van der Waals surface area contributed by atoms with Crippen LogP contribution in [-0.4, -0.2) is 14.5 Å². The van der Waals surface area contributed by atoms with Crippen LogP contribution in [0.1, 0.15) is 5.56 Å². The smallest absolute Gasteiger partial charge is 0.0997 e. The summed E-state index contributed by atoms with van der Waals surface area (Å²) in [6.07, 6.45) is 7.02. The highest BCUT2D eigenvalue weighted by Crippen LogP contribution is 2.28. The summed E-state index contributed by atoms with van der Waals surface area (Å²) in [7, 11) is 0. The fourth-order valence-corrected chi connectivity index (χ4v) is 2.34. The van der Waals surface area contributed by atoms with E-state index in [0.717, 1.165) is 21.4 Å². The van der Waals surface area contributed by atoms with E-state index in [-0.39, 0.29) is 0 Å². The van der Waals surface area contributed by atoms with Crippen LogP contribution in [0.15, 0.2) is 53.7 Å². The van der Waals surface area contributed by atoms with E-state index in [0.29, 0.717) is 5.69 Å². The van der Waals surface area contributed by atoms with Gasteiger partial charge in [0.25, 0.3) is 0 Å². The van der Waals surface area contributed by atoms with Gasteiger partial charge >= 0.3 is 0 Å². The Morgan fingerprint density at radius 2 is 2.00 bits per heavy atom. The van der Waals surface area contributed by atoms with Gasteiger partial charge in [0.1, 0.15) is 0 Å². The topological polar surface area (TPSA) is 56.7 Å². The van der Waals surface area contributed by atoms with E-state index in [2.05, 4.69) is 38.9 Å². The number of aryl methyl sites for hydroxylation is 1. The van der Waals surface area contributed by atoms with Gasteiger partial charge < -0.3 is 5.73 Å². The van der Waals surface area contributed by atoms with Crippen molar-refractivity contribution in [3.8, 4) is 16.9 Å². The molecule has 0 spiro atoms. The molecule has 0 atom stereocenters. The number of nitrogen functional groups attached to an aromatic ring is 1. The molecule has 1 aromatic carbocycles. The van der Waals surface area contributed by atoms with Gasteiger partial charge in [0, 0.05) is 33.8 Å². The molecule has 3 rings (SSSR count). The summed E-state index contributed by atoms with van der Waals surface area (Å²) in [5.74, 6) is 0. The van der Waals surface area contributed by atoms with E-state index >= 15 is 0 Å². The number of hydrogen-bond donors (Lipinski definition) is 1. The van der Waals surface area contributed by atoms with Crippen LogP contribution in [-0.2, 0) is 0 Å². The number of nitrogens with zero attached hydrogens (tertiary/aromatic N) is 3. The molecule has 2 aromatic heterocycles. The Kier molecular flexibility index (Phi) is 3.28. The monoisotopic (exact) mass is 328 g/mol. The number of halogens is 1. The highest BCUT2D eigenvalue weighted by molar-refractivity contribution is 9.10. The van der Waals surface area contributed by atoms with Gasteiger partial charge in [-0.1, -0.05) is 15.9 Å².